The molecule has 150 valence electrons. The van der Waals surface area contributed by atoms with Gasteiger partial charge >= 0.3 is 8.60 Å². The Kier molecular flexibility index (Phi) is 8.66. The molecule has 0 atom stereocenters. The summed E-state index contributed by atoms with van der Waals surface area (Å²) >= 11 is 5.50. The van der Waals surface area contributed by atoms with Crippen LogP contribution in [0.15, 0.2) is 84.9 Å². The maximum Gasteiger partial charge on any atom is 0.397 e. The number of benzene rings is 3. The average molecular weight is 429 g/mol. The molecule has 0 radical (unpaired) electrons. The van der Waals surface area contributed by atoms with Gasteiger partial charge in [0.25, 0.3) is 0 Å². The predicted octanol–water partition coefficient (Wildman–Crippen LogP) is 6.42. The summed E-state index contributed by atoms with van der Waals surface area (Å²) in [4.78, 5) is 11.1. The van der Waals surface area contributed by atoms with E-state index in [4.69, 9.17) is 25.2 Å². The first kappa shape index (κ1) is 21.5. The molecule has 0 saturated carbocycles. The van der Waals surface area contributed by atoms with E-state index in [-0.39, 0.29) is 11.7 Å². The van der Waals surface area contributed by atoms with Gasteiger partial charge in [-0.25, -0.2) is 0 Å². The summed E-state index contributed by atoms with van der Waals surface area (Å²) in [6.45, 7) is 0.757. The SMILES string of the molecule is O=C(Cl)CCc1ccccc1OP(OCc1ccccc1)OCc1ccccc1. The molecule has 0 bridgehead atoms. The van der Waals surface area contributed by atoms with Gasteiger partial charge in [-0.05, 0) is 40.8 Å². The summed E-state index contributed by atoms with van der Waals surface area (Å²) in [5, 5.41) is -0.372. The molecule has 0 aliphatic heterocycles. The van der Waals surface area contributed by atoms with Crippen molar-refractivity contribution in [2.75, 3.05) is 0 Å². The number of halogens is 1. The maximum absolute atomic E-state index is 11.1. The summed E-state index contributed by atoms with van der Waals surface area (Å²) in [5.74, 6) is 0.637. The predicted molar refractivity (Wildman–Crippen MR) is 116 cm³/mol. The quantitative estimate of drug-likeness (QED) is 0.261. The first-order chi connectivity index (χ1) is 14.2. The Bertz CT molecular complexity index is 846. The molecule has 3 rings (SSSR count). The Balaban J connectivity index is 1.69. The van der Waals surface area contributed by atoms with Gasteiger partial charge < -0.3 is 4.52 Å². The van der Waals surface area contributed by atoms with Crippen molar-refractivity contribution in [2.45, 2.75) is 26.1 Å². The lowest BCUT2D eigenvalue weighted by Crippen LogP contribution is -2.01. The molecule has 4 nitrogen and oxygen atoms in total. The van der Waals surface area contributed by atoms with Gasteiger partial charge in [0, 0.05) is 6.42 Å². The molecule has 0 aliphatic rings. The molecule has 0 aliphatic carbocycles. The second-order valence-corrected chi connectivity index (χ2v) is 7.86. The number of aryl methyl sites for hydroxylation is 1. The molecule has 0 N–H and O–H groups in total. The lowest BCUT2D eigenvalue weighted by atomic mass is 10.1. The minimum Gasteiger partial charge on any atom is -0.426 e. The highest BCUT2D eigenvalue weighted by atomic mass is 35.5. The van der Waals surface area contributed by atoms with Crippen molar-refractivity contribution in [1.29, 1.82) is 0 Å². The summed E-state index contributed by atoms with van der Waals surface area (Å²) in [7, 11) is -1.64. The monoisotopic (exact) mass is 428 g/mol. The smallest absolute Gasteiger partial charge is 0.397 e. The van der Waals surface area contributed by atoms with Crippen LogP contribution < -0.4 is 4.52 Å². The lowest BCUT2D eigenvalue weighted by Gasteiger charge is -2.19. The molecule has 0 fully saturated rings. The molecule has 6 heteroatoms. The van der Waals surface area contributed by atoms with Gasteiger partial charge in [-0.2, -0.15) is 0 Å². The molecule has 0 unspecified atom stereocenters. The molecule has 0 heterocycles. The Morgan fingerprint density at radius 2 is 1.28 bits per heavy atom. The van der Waals surface area contributed by atoms with E-state index in [1.807, 2.05) is 84.9 Å². The van der Waals surface area contributed by atoms with E-state index in [1.165, 1.54) is 0 Å². The zero-order valence-corrected chi connectivity index (χ0v) is 17.5. The summed E-state index contributed by atoms with van der Waals surface area (Å²) in [6, 6.07) is 27.3. The second kappa shape index (κ2) is 11.7. The molecule has 3 aromatic rings. The zero-order valence-electron chi connectivity index (χ0n) is 15.9. The Morgan fingerprint density at radius 3 is 1.83 bits per heavy atom. The molecule has 29 heavy (non-hydrogen) atoms. The van der Waals surface area contributed by atoms with Crippen LogP contribution in [0.1, 0.15) is 23.1 Å². The van der Waals surface area contributed by atoms with Gasteiger partial charge in [-0.1, -0.05) is 78.9 Å². The maximum atomic E-state index is 11.1. The average Bonchev–Trinajstić information content (AvgIpc) is 2.76. The van der Waals surface area contributed by atoms with Crippen molar-refractivity contribution in [1.82, 2.24) is 0 Å². The highest BCUT2D eigenvalue weighted by Gasteiger charge is 2.18. The molecule has 0 saturated heterocycles. The zero-order chi connectivity index (χ0) is 20.3. The number of carbonyl (C=O) groups is 1. The Hall–Kier alpha value is -2.23. The van der Waals surface area contributed by atoms with Crippen LogP contribution in [0.4, 0.5) is 0 Å². The number of rotatable bonds is 11. The van der Waals surface area contributed by atoms with E-state index >= 15 is 0 Å². The van der Waals surface area contributed by atoms with Gasteiger partial charge in [0.2, 0.25) is 5.24 Å². The van der Waals surface area contributed by atoms with Crippen LogP contribution in [0.3, 0.4) is 0 Å². The molecule has 0 spiro atoms. The van der Waals surface area contributed by atoms with Gasteiger partial charge in [-0.3, -0.25) is 13.8 Å². The van der Waals surface area contributed by atoms with E-state index in [1.54, 1.807) is 0 Å². The third-order valence-corrected chi connectivity index (χ3v) is 5.31. The second-order valence-electron chi connectivity index (χ2n) is 6.30. The number of carbonyl (C=O) groups excluding carboxylic acids is 1. The summed E-state index contributed by atoms with van der Waals surface area (Å²) in [5.41, 5.74) is 2.96. The Labute approximate surface area is 177 Å². The molecule has 0 aromatic heterocycles. The van der Waals surface area contributed by atoms with Crippen molar-refractivity contribution in [2.24, 2.45) is 0 Å². The Morgan fingerprint density at radius 1 is 0.759 bits per heavy atom. The van der Waals surface area contributed by atoms with Gasteiger partial charge in [0.05, 0.1) is 13.2 Å². The molecular weight excluding hydrogens is 407 g/mol. The van der Waals surface area contributed by atoms with Crippen molar-refractivity contribution in [3.8, 4) is 5.75 Å². The van der Waals surface area contributed by atoms with E-state index in [0.717, 1.165) is 16.7 Å². The molecule has 0 amide bonds. The van der Waals surface area contributed by atoms with Crippen molar-refractivity contribution in [3.05, 3.63) is 102 Å². The van der Waals surface area contributed by atoms with Crippen molar-refractivity contribution in [3.63, 3.8) is 0 Å². The van der Waals surface area contributed by atoms with Gasteiger partial charge in [0.15, 0.2) is 0 Å². The molecular formula is C23H22ClO4P. The minimum absolute atomic E-state index is 0.246. The standard InChI is InChI=1S/C23H22ClO4P/c24-23(25)16-15-21-13-7-8-14-22(21)28-29(26-17-19-9-3-1-4-10-19)27-18-20-11-5-2-6-12-20/h1-14H,15-18H2. The minimum atomic E-state index is -1.64. The van der Waals surface area contributed by atoms with Crippen LogP contribution in [-0.4, -0.2) is 5.24 Å². The van der Waals surface area contributed by atoms with E-state index in [0.29, 0.717) is 25.4 Å². The van der Waals surface area contributed by atoms with Gasteiger partial charge in [0.1, 0.15) is 5.75 Å². The van der Waals surface area contributed by atoms with Gasteiger partial charge in [-0.15, -0.1) is 0 Å². The largest absolute Gasteiger partial charge is 0.426 e. The lowest BCUT2D eigenvalue weighted by molar-refractivity contribution is -0.111. The van der Waals surface area contributed by atoms with E-state index < -0.39 is 8.60 Å². The highest BCUT2D eigenvalue weighted by molar-refractivity contribution is 7.42. The summed E-state index contributed by atoms with van der Waals surface area (Å²) in [6.07, 6.45) is 0.745. The van der Waals surface area contributed by atoms with Crippen LogP contribution >= 0.6 is 20.2 Å². The topological polar surface area (TPSA) is 44.8 Å². The molecule has 3 aromatic carbocycles. The van der Waals surface area contributed by atoms with E-state index in [2.05, 4.69) is 0 Å². The first-order valence-electron chi connectivity index (χ1n) is 9.29. The number of para-hydroxylation sites is 1. The van der Waals surface area contributed by atoms with Crippen LogP contribution in [0.2, 0.25) is 0 Å². The summed E-state index contributed by atoms with van der Waals surface area (Å²) < 4.78 is 18.0. The number of hydrogen-bond acceptors (Lipinski definition) is 4. The fraction of sp³-hybridized carbons (Fsp3) is 0.174. The van der Waals surface area contributed by atoms with Crippen LogP contribution in [0.5, 0.6) is 5.75 Å². The van der Waals surface area contributed by atoms with Crippen LogP contribution in [-0.2, 0) is 33.5 Å². The van der Waals surface area contributed by atoms with Crippen LogP contribution in [0, 0.1) is 0 Å². The normalized spacial score (nSPS) is 10.8. The highest BCUT2D eigenvalue weighted by Crippen LogP contribution is 2.43. The van der Waals surface area contributed by atoms with Crippen LogP contribution in [0.25, 0.3) is 0 Å². The third kappa shape index (κ3) is 7.60. The number of hydrogen-bond donors (Lipinski definition) is 0. The fourth-order valence-corrected chi connectivity index (χ4v) is 3.73. The van der Waals surface area contributed by atoms with Crippen molar-refractivity contribution < 1.29 is 18.4 Å². The fourth-order valence-electron chi connectivity index (χ4n) is 2.61. The van der Waals surface area contributed by atoms with Crippen molar-refractivity contribution >= 4 is 25.4 Å². The van der Waals surface area contributed by atoms with E-state index in [9.17, 15) is 4.79 Å². The third-order valence-electron chi connectivity index (χ3n) is 4.10. The first-order valence-corrected chi connectivity index (χ1v) is 10.8.